The van der Waals surface area contributed by atoms with E-state index in [-0.39, 0.29) is 59.8 Å². The Kier molecular flexibility index (Phi) is 9.22. The van der Waals surface area contributed by atoms with Gasteiger partial charge < -0.3 is 19.1 Å². The van der Waals surface area contributed by atoms with Gasteiger partial charge in [-0.25, -0.2) is 4.98 Å². The van der Waals surface area contributed by atoms with Gasteiger partial charge in [0.1, 0.15) is 5.82 Å². The third-order valence-electron chi connectivity index (χ3n) is 11.7. The Morgan fingerprint density at radius 3 is 1.92 bits per heavy atom. The van der Waals surface area contributed by atoms with E-state index in [1.165, 1.54) is 17.3 Å². The van der Waals surface area contributed by atoms with E-state index in [4.69, 9.17) is 17.9 Å². The Morgan fingerprint density at radius 2 is 1.26 bits per heavy atom. The number of aromatic nitrogens is 2. The second kappa shape index (κ2) is 15.9. The van der Waals surface area contributed by atoms with Gasteiger partial charge in [0.25, 0.3) is 0 Å². The van der Waals surface area contributed by atoms with Crippen molar-refractivity contribution in [2.45, 2.75) is 92.3 Å². The van der Waals surface area contributed by atoms with Crippen LogP contribution in [0.1, 0.15) is 98.4 Å². The van der Waals surface area contributed by atoms with Crippen molar-refractivity contribution in [3.63, 3.8) is 0 Å². The quantitative estimate of drug-likeness (QED) is 0.155. The number of para-hydroxylation sites is 3. The molecule has 0 aliphatic carbocycles. The van der Waals surface area contributed by atoms with Crippen molar-refractivity contribution in [1.29, 1.82) is 0 Å². The molecule has 318 valence electrons. The van der Waals surface area contributed by atoms with E-state index in [9.17, 15) is 0 Å². The molecule has 0 saturated carbocycles. The number of fused-ring (bicyclic) bond motifs is 4. The van der Waals surface area contributed by atoms with Gasteiger partial charge in [-0.2, -0.15) is 12.1 Å². The fourth-order valence-corrected chi connectivity index (χ4v) is 8.14. The predicted molar refractivity (Wildman–Crippen MR) is 255 cm³/mol. The zero-order chi connectivity index (χ0) is 48.0. The molecule has 1 aliphatic heterocycles. The Hall–Kier alpha value is -5.64. The van der Waals surface area contributed by atoms with Gasteiger partial charge in [0, 0.05) is 75.1 Å². The van der Waals surface area contributed by atoms with E-state index in [0.29, 0.717) is 28.1 Å². The first kappa shape index (κ1) is 35.9. The van der Waals surface area contributed by atoms with Crippen molar-refractivity contribution >= 4 is 44.6 Å². The van der Waals surface area contributed by atoms with Crippen molar-refractivity contribution < 1.29 is 34.0 Å². The SMILES string of the molecule is [2H]C([2H])([2H])c1cnc(-n2c3[c-]c(Oc4[c-]c(N5[CH-]N(c6cc(C(C)(C)C)cc(C(C)(C)C)c6)c6ccccc65)ccc4)ccc3c3ccccc32)c(C([2H])([2H])[2H])c1-c1ccc(C(C)(C)C)cc1.[Pt]. The molecule has 0 N–H and O–H groups in total. The summed E-state index contributed by atoms with van der Waals surface area (Å²) < 4.78 is 60.8. The number of ether oxygens (including phenoxy) is 1. The summed E-state index contributed by atoms with van der Waals surface area (Å²) in [4.78, 5) is 9.06. The largest absolute Gasteiger partial charge is 0.509 e. The molecule has 0 bridgehead atoms. The number of anilines is 4. The first-order valence-corrected chi connectivity index (χ1v) is 20.9. The Labute approximate surface area is 391 Å². The van der Waals surface area contributed by atoms with E-state index in [1.54, 1.807) is 4.57 Å². The zero-order valence-electron chi connectivity index (χ0n) is 42.7. The van der Waals surface area contributed by atoms with Crippen LogP contribution in [0.15, 0.2) is 128 Å². The van der Waals surface area contributed by atoms with E-state index in [0.717, 1.165) is 39.1 Å². The molecule has 0 atom stereocenters. The monoisotopic (exact) mass is 1000 g/mol. The van der Waals surface area contributed by atoms with Crippen LogP contribution in [0.2, 0.25) is 0 Å². The zero-order valence-corrected chi connectivity index (χ0v) is 39.0. The maximum Gasteiger partial charge on any atom is 0.139 e. The third-order valence-corrected chi connectivity index (χ3v) is 11.7. The molecule has 0 unspecified atom stereocenters. The van der Waals surface area contributed by atoms with Gasteiger partial charge in [0.05, 0.1) is 0 Å². The van der Waals surface area contributed by atoms with Gasteiger partial charge in [-0.05, 0) is 99.0 Å². The van der Waals surface area contributed by atoms with Gasteiger partial charge in [-0.1, -0.05) is 128 Å². The Bertz CT molecular complexity index is 3160. The minimum atomic E-state index is -2.77. The minimum absolute atomic E-state index is 0. The molecule has 9 rings (SSSR count). The molecule has 0 saturated heterocycles. The van der Waals surface area contributed by atoms with Crippen LogP contribution in [0.3, 0.4) is 0 Å². The molecular formula is C56H55N4OPt-3. The normalized spacial score (nSPS) is 15.0. The van der Waals surface area contributed by atoms with E-state index >= 15 is 0 Å². The van der Waals surface area contributed by atoms with Crippen LogP contribution in [0.5, 0.6) is 11.5 Å². The van der Waals surface area contributed by atoms with Gasteiger partial charge >= 0.3 is 0 Å². The second-order valence-corrected chi connectivity index (χ2v) is 19.1. The van der Waals surface area contributed by atoms with E-state index in [1.807, 2.05) is 84.9 Å². The van der Waals surface area contributed by atoms with Crippen LogP contribution in [0.4, 0.5) is 22.7 Å². The van der Waals surface area contributed by atoms with Gasteiger partial charge in [-0.15, -0.1) is 48.1 Å². The van der Waals surface area contributed by atoms with Gasteiger partial charge in [-0.3, -0.25) is 0 Å². The molecule has 0 amide bonds. The Balaban J connectivity index is 0.00000625. The summed E-state index contributed by atoms with van der Waals surface area (Å²) in [7, 11) is 0. The molecular weight excluding hydrogens is 940 g/mol. The summed E-state index contributed by atoms with van der Waals surface area (Å²) in [6.45, 7) is 16.4. The number of hydrogen-bond acceptors (Lipinski definition) is 4. The van der Waals surface area contributed by atoms with Crippen LogP contribution in [0, 0.1) is 32.5 Å². The fraction of sp³-hybridized carbons (Fsp3) is 0.250. The number of pyridine rings is 1. The smallest absolute Gasteiger partial charge is 0.139 e. The summed E-state index contributed by atoms with van der Waals surface area (Å²) in [6, 6.07) is 46.9. The average Bonchev–Trinajstić information content (AvgIpc) is 3.80. The molecule has 5 nitrogen and oxygen atoms in total. The predicted octanol–water partition coefficient (Wildman–Crippen LogP) is 15.2. The molecule has 0 radical (unpaired) electrons. The topological polar surface area (TPSA) is 33.5 Å². The molecule has 3 heterocycles. The summed E-state index contributed by atoms with van der Waals surface area (Å²) in [6.07, 6.45) is 1.30. The second-order valence-electron chi connectivity index (χ2n) is 19.1. The maximum atomic E-state index is 8.97. The van der Waals surface area contributed by atoms with Crippen molar-refractivity contribution in [3.8, 4) is 28.4 Å². The van der Waals surface area contributed by atoms with E-state index < -0.39 is 13.7 Å². The molecule has 62 heavy (non-hydrogen) atoms. The summed E-state index contributed by atoms with van der Waals surface area (Å²) in [5.74, 6) is 0.916. The average molecular weight is 1000 g/mol. The minimum Gasteiger partial charge on any atom is -0.509 e. The first-order chi connectivity index (χ1) is 31.4. The van der Waals surface area contributed by atoms with E-state index in [2.05, 4.69) is 127 Å². The summed E-state index contributed by atoms with van der Waals surface area (Å²) in [5, 5.41) is 1.64. The van der Waals surface area contributed by atoms with Crippen molar-refractivity contribution in [3.05, 3.63) is 174 Å². The summed E-state index contributed by atoms with van der Waals surface area (Å²) >= 11 is 0. The standard InChI is InChI=1S/C56H55N4O.Pt/c1-36-34-57-53(37(2)52(36)38-23-25-39(26-24-38)54(3,4)5)60-48-20-13-12-19-46(48)47-28-27-45(33-51(47)60)61-44-18-16-17-42(32-44)58-35-59(50-22-15-14-21-49(50)58)43-30-40(55(6,7)8)29-41(31-43)56(9,10)11;/h12-31,34-35H,1-11H3;/q-3;/i1D3,2D3;. The maximum absolute atomic E-state index is 8.97. The molecule has 8 aromatic rings. The molecule has 1 aliphatic rings. The number of rotatable bonds is 6. The van der Waals surface area contributed by atoms with Crippen LogP contribution in [-0.2, 0) is 37.3 Å². The number of benzene rings is 6. The van der Waals surface area contributed by atoms with Crippen molar-refractivity contribution in [1.82, 2.24) is 9.55 Å². The van der Waals surface area contributed by atoms with Crippen LogP contribution in [-0.4, -0.2) is 9.55 Å². The summed E-state index contributed by atoms with van der Waals surface area (Å²) in [5.41, 5.74) is 8.67. The van der Waals surface area contributed by atoms with Crippen molar-refractivity contribution in [2.24, 2.45) is 0 Å². The number of hydrogen-bond donors (Lipinski definition) is 0. The Morgan fingerprint density at radius 1 is 0.613 bits per heavy atom. The molecule has 6 aromatic carbocycles. The molecule has 0 spiro atoms. The number of nitrogens with zero attached hydrogens (tertiary/aromatic N) is 4. The molecule has 0 fully saturated rings. The molecule has 6 heteroatoms. The van der Waals surface area contributed by atoms with Crippen LogP contribution >= 0.6 is 0 Å². The van der Waals surface area contributed by atoms with Crippen LogP contribution in [0.25, 0.3) is 38.8 Å². The van der Waals surface area contributed by atoms with Gasteiger partial charge in [0.15, 0.2) is 0 Å². The van der Waals surface area contributed by atoms with Crippen molar-refractivity contribution in [2.75, 3.05) is 9.80 Å². The number of aryl methyl sites for hydroxylation is 1. The first-order valence-electron chi connectivity index (χ1n) is 23.9. The van der Waals surface area contributed by atoms with Gasteiger partial charge in [0.2, 0.25) is 0 Å². The third kappa shape index (κ3) is 7.86. The van der Waals surface area contributed by atoms with Crippen LogP contribution < -0.4 is 14.5 Å². The molecule has 2 aromatic heterocycles. The fourth-order valence-electron chi connectivity index (χ4n) is 8.14.